The number of aromatic nitrogens is 2. The van der Waals surface area contributed by atoms with Crippen molar-refractivity contribution in [3.05, 3.63) is 64.5 Å². The molecule has 3 aromatic rings. The van der Waals surface area contributed by atoms with Crippen LogP contribution in [0, 0.1) is 0 Å². The lowest BCUT2D eigenvalue weighted by Crippen LogP contribution is -2.35. The maximum atomic E-state index is 12.8. The van der Waals surface area contributed by atoms with Crippen molar-refractivity contribution in [3.63, 3.8) is 0 Å². The van der Waals surface area contributed by atoms with Crippen LogP contribution in [0.4, 0.5) is 5.95 Å². The van der Waals surface area contributed by atoms with Crippen molar-refractivity contribution in [2.75, 3.05) is 32.2 Å². The van der Waals surface area contributed by atoms with Gasteiger partial charge in [0.2, 0.25) is 5.95 Å². The van der Waals surface area contributed by atoms with Crippen molar-refractivity contribution in [1.82, 2.24) is 9.55 Å². The van der Waals surface area contributed by atoms with Gasteiger partial charge in [-0.15, -0.1) is 0 Å². The van der Waals surface area contributed by atoms with E-state index in [2.05, 4.69) is 4.90 Å². The highest BCUT2D eigenvalue weighted by Gasteiger charge is 2.18. The van der Waals surface area contributed by atoms with Crippen LogP contribution in [-0.2, 0) is 6.42 Å². The van der Waals surface area contributed by atoms with Crippen LogP contribution in [-0.4, -0.2) is 36.9 Å². The van der Waals surface area contributed by atoms with Crippen molar-refractivity contribution in [2.45, 2.75) is 6.42 Å². The predicted octanol–water partition coefficient (Wildman–Crippen LogP) is 2.95. The zero-order valence-electron chi connectivity index (χ0n) is 15.4. The summed E-state index contributed by atoms with van der Waals surface area (Å²) < 4.78 is 12.3. The fourth-order valence-corrected chi connectivity index (χ4v) is 3.34. The highest BCUT2D eigenvalue weighted by molar-refractivity contribution is 5.79. The number of hydrogen-bond acceptors (Lipinski definition) is 5. The van der Waals surface area contributed by atoms with Gasteiger partial charge < -0.3 is 14.4 Å². The summed E-state index contributed by atoms with van der Waals surface area (Å²) >= 11 is 0. The third-order valence-electron chi connectivity index (χ3n) is 4.77. The van der Waals surface area contributed by atoms with E-state index in [1.54, 1.807) is 18.8 Å². The summed E-state index contributed by atoms with van der Waals surface area (Å²) in [5.74, 6) is 2.11. The Morgan fingerprint density at radius 3 is 2.70 bits per heavy atom. The van der Waals surface area contributed by atoms with Crippen LogP contribution in [0.1, 0.15) is 5.56 Å². The van der Waals surface area contributed by atoms with E-state index < -0.39 is 0 Å². The third kappa shape index (κ3) is 3.14. The van der Waals surface area contributed by atoms with E-state index in [4.69, 9.17) is 14.5 Å². The molecule has 0 amide bonds. The standard InChI is InChI=1S/C21H21N3O3/c1-26-18-9-8-15(14-19(18)27-2)10-13-23-11-5-12-24-20(25)16-6-3-4-7-17(16)22-21(23)24/h3-9,12,14H,10-11,13H2,1-2H3. The fourth-order valence-electron chi connectivity index (χ4n) is 3.34. The molecule has 1 aliphatic heterocycles. The van der Waals surface area contributed by atoms with Crippen molar-refractivity contribution in [1.29, 1.82) is 0 Å². The van der Waals surface area contributed by atoms with Crippen LogP contribution in [0.15, 0.2) is 53.3 Å². The Morgan fingerprint density at radius 1 is 1.07 bits per heavy atom. The van der Waals surface area contributed by atoms with Gasteiger partial charge in [-0.1, -0.05) is 18.2 Å². The van der Waals surface area contributed by atoms with Crippen LogP contribution < -0.4 is 19.9 Å². The van der Waals surface area contributed by atoms with E-state index in [0.29, 0.717) is 22.8 Å². The van der Waals surface area contributed by atoms with Crippen LogP contribution in [0.5, 0.6) is 11.5 Å². The molecule has 0 saturated heterocycles. The molecule has 1 aliphatic rings. The molecule has 0 radical (unpaired) electrons. The Labute approximate surface area is 157 Å². The predicted molar refractivity (Wildman–Crippen MR) is 107 cm³/mol. The second kappa shape index (κ2) is 7.15. The van der Waals surface area contributed by atoms with Gasteiger partial charge in [0.1, 0.15) is 0 Å². The Bertz CT molecular complexity index is 1070. The van der Waals surface area contributed by atoms with E-state index in [1.165, 1.54) is 0 Å². The normalized spacial score (nSPS) is 12.9. The largest absolute Gasteiger partial charge is 0.493 e. The molecule has 0 saturated carbocycles. The van der Waals surface area contributed by atoms with Crippen LogP contribution in [0.25, 0.3) is 17.1 Å². The summed E-state index contributed by atoms with van der Waals surface area (Å²) in [6.45, 7) is 1.46. The molecule has 27 heavy (non-hydrogen) atoms. The molecule has 0 bridgehead atoms. The third-order valence-corrected chi connectivity index (χ3v) is 4.77. The first-order valence-corrected chi connectivity index (χ1v) is 8.85. The van der Waals surface area contributed by atoms with Gasteiger partial charge in [0.05, 0.1) is 25.1 Å². The minimum atomic E-state index is -0.0392. The fraction of sp³-hybridized carbons (Fsp3) is 0.238. The average Bonchev–Trinajstić information content (AvgIpc) is 2.72. The number of hydrogen-bond donors (Lipinski definition) is 0. The van der Waals surface area contributed by atoms with Gasteiger partial charge in [0, 0.05) is 19.3 Å². The number of methoxy groups -OCH3 is 2. The number of nitrogens with zero attached hydrogens (tertiary/aromatic N) is 3. The number of anilines is 1. The SMILES string of the molecule is COc1ccc(CCN2CC=Cn3c2nc2ccccc2c3=O)cc1OC. The average molecular weight is 363 g/mol. The van der Waals surface area contributed by atoms with E-state index in [1.807, 2.05) is 54.7 Å². The molecule has 4 rings (SSSR count). The van der Waals surface area contributed by atoms with Crippen LogP contribution in [0.2, 0.25) is 0 Å². The first-order valence-electron chi connectivity index (χ1n) is 8.85. The maximum Gasteiger partial charge on any atom is 0.266 e. The molecule has 0 N–H and O–H groups in total. The topological polar surface area (TPSA) is 56.6 Å². The quantitative estimate of drug-likeness (QED) is 0.698. The Morgan fingerprint density at radius 2 is 1.89 bits per heavy atom. The Hall–Kier alpha value is -3.28. The molecule has 0 fully saturated rings. The summed E-state index contributed by atoms with van der Waals surface area (Å²) in [4.78, 5) is 19.6. The van der Waals surface area contributed by atoms with E-state index in [0.717, 1.165) is 30.6 Å². The molecule has 2 heterocycles. The molecule has 1 aromatic heterocycles. The van der Waals surface area contributed by atoms with Gasteiger partial charge in [0.25, 0.3) is 5.56 Å². The summed E-state index contributed by atoms with van der Waals surface area (Å²) in [5, 5.41) is 0.632. The lowest BCUT2D eigenvalue weighted by atomic mass is 10.1. The maximum absolute atomic E-state index is 12.8. The van der Waals surface area contributed by atoms with Crippen LogP contribution in [0.3, 0.4) is 0 Å². The Kier molecular flexibility index (Phi) is 4.54. The molecular weight excluding hydrogens is 342 g/mol. The molecule has 6 nitrogen and oxygen atoms in total. The molecule has 138 valence electrons. The summed E-state index contributed by atoms with van der Waals surface area (Å²) in [7, 11) is 3.26. The lowest BCUT2D eigenvalue weighted by Gasteiger charge is -2.27. The Balaban J connectivity index is 1.62. The molecule has 0 aliphatic carbocycles. The molecule has 0 unspecified atom stereocenters. The minimum Gasteiger partial charge on any atom is -0.493 e. The highest BCUT2D eigenvalue weighted by Crippen LogP contribution is 2.28. The number of fused-ring (bicyclic) bond motifs is 2. The minimum absolute atomic E-state index is 0.0392. The highest BCUT2D eigenvalue weighted by atomic mass is 16.5. The van der Waals surface area contributed by atoms with Gasteiger partial charge in [-0.3, -0.25) is 9.36 Å². The second-order valence-corrected chi connectivity index (χ2v) is 6.37. The zero-order chi connectivity index (χ0) is 18.8. The van der Waals surface area contributed by atoms with Crippen molar-refractivity contribution < 1.29 is 9.47 Å². The van der Waals surface area contributed by atoms with Crippen molar-refractivity contribution in [2.24, 2.45) is 0 Å². The second-order valence-electron chi connectivity index (χ2n) is 6.37. The van der Waals surface area contributed by atoms with Gasteiger partial charge >= 0.3 is 0 Å². The molecule has 6 heteroatoms. The first kappa shape index (κ1) is 17.1. The van der Waals surface area contributed by atoms with E-state index in [-0.39, 0.29) is 5.56 Å². The number of rotatable bonds is 5. The van der Waals surface area contributed by atoms with E-state index in [9.17, 15) is 4.79 Å². The molecule has 0 spiro atoms. The number of para-hydroxylation sites is 1. The number of benzene rings is 2. The molecular formula is C21H21N3O3. The molecule has 0 atom stereocenters. The monoisotopic (exact) mass is 363 g/mol. The van der Waals surface area contributed by atoms with E-state index >= 15 is 0 Å². The van der Waals surface area contributed by atoms with Gasteiger partial charge in [-0.2, -0.15) is 0 Å². The smallest absolute Gasteiger partial charge is 0.266 e. The van der Waals surface area contributed by atoms with Crippen molar-refractivity contribution >= 4 is 23.1 Å². The van der Waals surface area contributed by atoms with Gasteiger partial charge in [0.15, 0.2) is 11.5 Å². The summed E-state index contributed by atoms with van der Waals surface area (Å²) in [5.41, 5.74) is 1.82. The first-order chi connectivity index (χ1) is 13.2. The lowest BCUT2D eigenvalue weighted by molar-refractivity contribution is 0.354. The summed E-state index contributed by atoms with van der Waals surface area (Å²) in [6.07, 6.45) is 4.60. The zero-order valence-corrected chi connectivity index (χ0v) is 15.4. The van der Waals surface area contributed by atoms with Crippen LogP contribution >= 0.6 is 0 Å². The number of ether oxygens (including phenoxy) is 2. The summed E-state index contributed by atoms with van der Waals surface area (Å²) in [6, 6.07) is 13.4. The van der Waals surface area contributed by atoms with Crippen molar-refractivity contribution in [3.8, 4) is 11.5 Å². The van der Waals surface area contributed by atoms with Gasteiger partial charge in [-0.25, -0.2) is 4.98 Å². The molecule has 2 aromatic carbocycles. The van der Waals surface area contributed by atoms with Gasteiger partial charge in [-0.05, 0) is 42.3 Å².